The predicted molar refractivity (Wildman–Crippen MR) is 120 cm³/mol. The smallest absolute Gasteiger partial charge is 0.425 e. The number of aromatic nitrogens is 3. The molecule has 4 heterocycles. The molecule has 3 aromatic rings. The molecule has 1 aliphatic rings. The number of hydrogen-bond acceptors (Lipinski definition) is 6. The van der Waals surface area contributed by atoms with E-state index >= 15 is 0 Å². The molecular formula is C22H26F3N5O2S. The van der Waals surface area contributed by atoms with Crippen molar-refractivity contribution in [2.24, 2.45) is 0 Å². The number of rotatable bonds is 3. The summed E-state index contributed by atoms with van der Waals surface area (Å²) in [6, 6.07) is 6.20. The standard InChI is InChI=1S/C22H26F3N5O2S/c1-21(2,3)32-20(31)29-11-4-5-14(10-12-29)27-18-8-9-19-26-13-15(30(19)28-18)16-6-7-17(33-16)22(23,24)25/h6-9,13-14H,4-5,10-12H2,1-3H3,(H,27,28). The van der Waals surface area contributed by atoms with E-state index in [1.165, 1.54) is 12.3 Å². The number of halogens is 3. The summed E-state index contributed by atoms with van der Waals surface area (Å²) in [6.45, 7) is 6.74. The fourth-order valence-corrected chi connectivity index (χ4v) is 4.57. The number of thiophene rings is 1. The van der Waals surface area contributed by atoms with Gasteiger partial charge < -0.3 is 15.0 Å². The van der Waals surface area contributed by atoms with Crippen LogP contribution in [0.3, 0.4) is 0 Å². The molecule has 0 spiro atoms. The number of ether oxygens (including phenoxy) is 1. The lowest BCUT2D eigenvalue weighted by Crippen LogP contribution is -2.37. The van der Waals surface area contributed by atoms with Crippen LogP contribution in [0.1, 0.15) is 44.9 Å². The summed E-state index contributed by atoms with van der Waals surface area (Å²) >= 11 is 0.668. The maximum absolute atomic E-state index is 13.0. The van der Waals surface area contributed by atoms with Crippen molar-refractivity contribution in [1.29, 1.82) is 0 Å². The lowest BCUT2D eigenvalue weighted by atomic mass is 10.1. The van der Waals surface area contributed by atoms with E-state index in [1.54, 1.807) is 21.5 Å². The van der Waals surface area contributed by atoms with Crippen LogP contribution in [0.25, 0.3) is 16.2 Å². The molecule has 0 radical (unpaired) electrons. The SMILES string of the molecule is CC(C)(C)OC(=O)N1CCCC(Nc2ccc3ncc(-c4ccc(C(F)(F)F)s4)n3n2)CC1. The van der Waals surface area contributed by atoms with Crippen molar-refractivity contribution in [2.75, 3.05) is 18.4 Å². The van der Waals surface area contributed by atoms with E-state index in [0.717, 1.165) is 25.3 Å². The average Bonchev–Trinajstić information content (AvgIpc) is 3.29. The number of nitrogens with zero attached hydrogens (tertiary/aromatic N) is 4. The van der Waals surface area contributed by atoms with Gasteiger partial charge in [0.2, 0.25) is 0 Å². The van der Waals surface area contributed by atoms with Gasteiger partial charge in [0, 0.05) is 19.1 Å². The lowest BCUT2D eigenvalue weighted by molar-refractivity contribution is -0.134. The fourth-order valence-electron chi connectivity index (χ4n) is 3.71. The van der Waals surface area contributed by atoms with Crippen LogP contribution < -0.4 is 5.32 Å². The van der Waals surface area contributed by atoms with Crippen LogP contribution in [0.2, 0.25) is 0 Å². The predicted octanol–water partition coefficient (Wildman–Crippen LogP) is 5.68. The minimum Gasteiger partial charge on any atom is -0.444 e. The van der Waals surface area contributed by atoms with Gasteiger partial charge in [-0.3, -0.25) is 0 Å². The van der Waals surface area contributed by atoms with Crippen LogP contribution in [0, 0.1) is 0 Å². The second-order valence-corrected chi connectivity index (χ2v) is 10.1. The van der Waals surface area contributed by atoms with Crippen LogP contribution in [0.4, 0.5) is 23.8 Å². The van der Waals surface area contributed by atoms with E-state index in [1.807, 2.05) is 20.8 Å². The summed E-state index contributed by atoms with van der Waals surface area (Å²) in [5.74, 6) is 0.602. The van der Waals surface area contributed by atoms with Crippen LogP contribution in [-0.2, 0) is 10.9 Å². The number of carbonyl (C=O) groups is 1. The minimum absolute atomic E-state index is 0.105. The van der Waals surface area contributed by atoms with Gasteiger partial charge in [-0.15, -0.1) is 16.4 Å². The number of imidazole rings is 1. The quantitative estimate of drug-likeness (QED) is 0.521. The van der Waals surface area contributed by atoms with Crippen molar-refractivity contribution < 1.29 is 22.7 Å². The van der Waals surface area contributed by atoms with Crippen molar-refractivity contribution in [3.05, 3.63) is 35.3 Å². The first kappa shape index (κ1) is 23.3. The molecule has 1 saturated heterocycles. The Bertz CT molecular complexity index is 1140. The highest BCUT2D eigenvalue weighted by Crippen LogP contribution is 2.38. The Kier molecular flexibility index (Phi) is 6.26. The molecule has 33 heavy (non-hydrogen) atoms. The Morgan fingerprint density at radius 3 is 2.64 bits per heavy atom. The van der Waals surface area contributed by atoms with Crippen molar-refractivity contribution in [2.45, 2.75) is 57.9 Å². The molecule has 1 fully saturated rings. The third-order valence-electron chi connectivity index (χ3n) is 5.23. The molecule has 7 nitrogen and oxygen atoms in total. The van der Waals surface area contributed by atoms with Crippen molar-refractivity contribution in [3.8, 4) is 10.6 Å². The highest BCUT2D eigenvalue weighted by atomic mass is 32.1. The lowest BCUT2D eigenvalue weighted by Gasteiger charge is -2.26. The van der Waals surface area contributed by atoms with Gasteiger partial charge in [0.05, 0.1) is 11.1 Å². The molecule has 3 aromatic heterocycles. The fraction of sp³-hybridized carbons (Fsp3) is 0.500. The van der Waals surface area contributed by atoms with E-state index in [-0.39, 0.29) is 12.1 Å². The number of amides is 1. The number of alkyl halides is 3. The largest absolute Gasteiger partial charge is 0.444 e. The van der Waals surface area contributed by atoms with Crippen LogP contribution in [0.5, 0.6) is 0 Å². The topological polar surface area (TPSA) is 71.8 Å². The average molecular weight is 482 g/mol. The van der Waals surface area contributed by atoms with Gasteiger partial charge in [0.1, 0.15) is 22.0 Å². The Balaban J connectivity index is 1.47. The first-order valence-electron chi connectivity index (χ1n) is 10.8. The summed E-state index contributed by atoms with van der Waals surface area (Å²) in [5, 5.41) is 7.98. The molecule has 0 aromatic carbocycles. The van der Waals surface area contributed by atoms with E-state index in [9.17, 15) is 18.0 Å². The summed E-state index contributed by atoms with van der Waals surface area (Å²) in [6.07, 6.45) is -0.741. The van der Waals surface area contributed by atoms with Crippen LogP contribution in [-0.4, -0.2) is 50.3 Å². The van der Waals surface area contributed by atoms with Gasteiger partial charge in [0.15, 0.2) is 5.65 Å². The highest BCUT2D eigenvalue weighted by molar-refractivity contribution is 7.15. The molecule has 11 heteroatoms. The van der Waals surface area contributed by atoms with Gasteiger partial charge in [0.25, 0.3) is 0 Å². The Hall–Kier alpha value is -2.82. The maximum atomic E-state index is 13.0. The number of hydrogen-bond donors (Lipinski definition) is 1. The van der Waals surface area contributed by atoms with Gasteiger partial charge in [-0.05, 0) is 64.3 Å². The molecule has 4 rings (SSSR count). The second-order valence-electron chi connectivity index (χ2n) is 9.03. The highest BCUT2D eigenvalue weighted by Gasteiger charge is 2.33. The molecule has 1 N–H and O–H groups in total. The first-order chi connectivity index (χ1) is 15.5. The monoisotopic (exact) mass is 481 g/mol. The zero-order valence-electron chi connectivity index (χ0n) is 18.6. The number of anilines is 1. The molecule has 0 bridgehead atoms. The van der Waals surface area contributed by atoms with Crippen molar-refractivity contribution in [1.82, 2.24) is 19.5 Å². The molecule has 0 saturated carbocycles. The third kappa shape index (κ3) is 5.58. The van der Waals surface area contributed by atoms with E-state index in [0.29, 0.717) is 46.5 Å². The Morgan fingerprint density at radius 1 is 1.15 bits per heavy atom. The summed E-state index contributed by atoms with van der Waals surface area (Å²) in [7, 11) is 0. The summed E-state index contributed by atoms with van der Waals surface area (Å²) in [4.78, 5) is 18.2. The minimum atomic E-state index is -4.38. The van der Waals surface area contributed by atoms with Crippen LogP contribution >= 0.6 is 11.3 Å². The molecule has 1 unspecified atom stereocenters. The Morgan fingerprint density at radius 2 is 1.94 bits per heavy atom. The van der Waals surface area contributed by atoms with Gasteiger partial charge >= 0.3 is 12.3 Å². The molecule has 1 amide bonds. The zero-order chi connectivity index (χ0) is 23.8. The molecule has 1 aliphatic heterocycles. The molecular weight excluding hydrogens is 455 g/mol. The molecule has 178 valence electrons. The second kappa shape index (κ2) is 8.85. The summed E-state index contributed by atoms with van der Waals surface area (Å²) < 4.78 is 46.0. The van der Waals surface area contributed by atoms with E-state index in [4.69, 9.17) is 4.74 Å². The molecule has 1 atom stereocenters. The first-order valence-corrected chi connectivity index (χ1v) is 11.6. The van der Waals surface area contributed by atoms with Gasteiger partial charge in [-0.2, -0.15) is 13.2 Å². The zero-order valence-corrected chi connectivity index (χ0v) is 19.5. The normalized spacial score (nSPS) is 17.8. The molecule has 0 aliphatic carbocycles. The number of carbonyl (C=O) groups excluding carboxylic acids is 1. The van der Waals surface area contributed by atoms with Gasteiger partial charge in [-0.25, -0.2) is 14.3 Å². The number of likely N-dealkylation sites (tertiary alicyclic amines) is 1. The third-order valence-corrected chi connectivity index (χ3v) is 6.38. The van der Waals surface area contributed by atoms with E-state index < -0.39 is 16.7 Å². The van der Waals surface area contributed by atoms with Crippen molar-refractivity contribution >= 4 is 28.9 Å². The number of fused-ring (bicyclic) bond motifs is 1. The van der Waals surface area contributed by atoms with E-state index in [2.05, 4.69) is 15.4 Å². The Labute approximate surface area is 193 Å². The van der Waals surface area contributed by atoms with Crippen molar-refractivity contribution in [3.63, 3.8) is 0 Å². The van der Waals surface area contributed by atoms with Crippen LogP contribution in [0.15, 0.2) is 30.5 Å². The number of nitrogens with one attached hydrogen (secondary N) is 1. The summed E-state index contributed by atoms with van der Waals surface area (Å²) in [5.41, 5.74) is 0.521. The maximum Gasteiger partial charge on any atom is 0.425 e. The van der Waals surface area contributed by atoms with Gasteiger partial charge in [-0.1, -0.05) is 0 Å².